The molecule has 0 unspecified atom stereocenters. The number of methoxy groups -OCH3 is 1. The van der Waals surface area contributed by atoms with E-state index in [1.807, 2.05) is 30.3 Å². The second-order valence-corrected chi connectivity index (χ2v) is 8.69. The van der Waals surface area contributed by atoms with E-state index in [2.05, 4.69) is 22.4 Å². The van der Waals surface area contributed by atoms with E-state index < -0.39 is 0 Å². The number of amides is 1. The van der Waals surface area contributed by atoms with E-state index in [4.69, 9.17) is 9.47 Å². The summed E-state index contributed by atoms with van der Waals surface area (Å²) in [5, 5.41) is 4.94. The third-order valence-electron chi connectivity index (χ3n) is 5.16. The van der Waals surface area contributed by atoms with Crippen molar-refractivity contribution >= 4 is 34.8 Å². The highest BCUT2D eigenvalue weighted by Crippen LogP contribution is 2.22. The van der Waals surface area contributed by atoms with Crippen LogP contribution in [0.3, 0.4) is 0 Å². The summed E-state index contributed by atoms with van der Waals surface area (Å²) in [6.45, 7) is 2.72. The van der Waals surface area contributed by atoms with E-state index in [9.17, 15) is 9.59 Å². The first kappa shape index (κ1) is 25.0. The van der Waals surface area contributed by atoms with Crippen molar-refractivity contribution in [3.63, 3.8) is 0 Å². The number of nitrogens with one attached hydrogen (secondary N) is 1. The van der Waals surface area contributed by atoms with Gasteiger partial charge in [0.15, 0.2) is 5.16 Å². The van der Waals surface area contributed by atoms with E-state index in [0.29, 0.717) is 34.1 Å². The lowest BCUT2D eigenvalue weighted by molar-refractivity contribution is -0.118. The van der Waals surface area contributed by atoms with Crippen LogP contribution in [0.25, 0.3) is 16.6 Å². The second-order valence-electron chi connectivity index (χ2n) is 7.75. The van der Waals surface area contributed by atoms with Crippen LogP contribution in [0.2, 0.25) is 0 Å². The smallest absolute Gasteiger partial charge is 0.266 e. The van der Waals surface area contributed by atoms with Crippen LogP contribution < -0.4 is 20.5 Å². The van der Waals surface area contributed by atoms with Crippen molar-refractivity contribution in [2.75, 3.05) is 19.5 Å². The van der Waals surface area contributed by atoms with Crippen molar-refractivity contribution in [3.05, 3.63) is 88.7 Å². The van der Waals surface area contributed by atoms with Crippen LogP contribution in [0.15, 0.2) is 87.8 Å². The molecular weight excluding hydrogens is 476 g/mol. The van der Waals surface area contributed by atoms with Gasteiger partial charge in [-0.1, -0.05) is 30.8 Å². The first-order valence-corrected chi connectivity index (χ1v) is 12.4. The molecule has 0 fully saturated rings. The highest BCUT2D eigenvalue weighted by Gasteiger charge is 2.15. The van der Waals surface area contributed by atoms with Crippen molar-refractivity contribution in [2.45, 2.75) is 18.5 Å². The average Bonchev–Trinajstić information content (AvgIpc) is 2.91. The number of hydrogen-bond donors (Lipinski definition) is 1. The lowest BCUT2D eigenvalue weighted by Gasteiger charge is -2.13. The van der Waals surface area contributed by atoms with Crippen molar-refractivity contribution in [2.24, 2.45) is 5.10 Å². The van der Waals surface area contributed by atoms with Crippen LogP contribution in [0.4, 0.5) is 0 Å². The minimum absolute atomic E-state index is 0.0298. The number of ether oxygens (including phenoxy) is 2. The summed E-state index contributed by atoms with van der Waals surface area (Å²) in [6, 6.07) is 21.7. The number of aromatic nitrogens is 2. The fraction of sp³-hybridized carbons (Fsp3) is 0.185. The van der Waals surface area contributed by atoms with Crippen molar-refractivity contribution < 1.29 is 14.3 Å². The predicted octanol–water partition coefficient (Wildman–Crippen LogP) is 4.43. The molecule has 0 aliphatic heterocycles. The van der Waals surface area contributed by atoms with Crippen LogP contribution >= 0.6 is 11.8 Å². The number of benzene rings is 3. The molecule has 184 valence electrons. The summed E-state index contributed by atoms with van der Waals surface area (Å²) >= 11 is 1.16. The highest BCUT2D eigenvalue weighted by molar-refractivity contribution is 7.99. The van der Waals surface area contributed by atoms with E-state index in [-0.39, 0.29) is 17.2 Å². The van der Waals surface area contributed by atoms with E-state index in [1.165, 1.54) is 4.57 Å². The molecule has 0 aliphatic rings. The van der Waals surface area contributed by atoms with Gasteiger partial charge < -0.3 is 9.47 Å². The van der Waals surface area contributed by atoms with Gasteiger partial charge >= 0.3 is 0 Å². The molecule has 4 rings (SSSR count). The summed E-state index contributed by atoms with van der Waals surface area (Å²) in [4.78, 5) is 30.4. The quantitative estimate of drug-likeness (QED) is 0.149. The summed E-state index contributed by atoms with van der Waals surface area (Å²) in [6.07, 6.45) is 2.51. The Hall–Kier alpha value is -4.11. The van der Waals surface area contributed by atoms with E-state index in [1.54, 1.807) is 55.8 Å². The van der Waals surface area contributed by atoms with Crippen molar-refractivity contribution in [3.8, 4) is 17.2 Å². The van der Waals surface area contributed by atoms with Gasteiger partial charge in [0.25, 0.3) is 11.5 Å². The number of carbonyl (C=O) groups is 1. The largest absolute Gasteiger partial charge is 0.497 e. The number of hydrogen-bond acceptors (Lipinski definition) is 7. The maximum absolute atomic E-state index is 13.3. The van der Waals surface area contributed by atoms with Gasteiger partial charge in [0.1, 0.15) is 11.5 Å². The molecular formula is C27H26N4O4S. The Bertz CT molecular complexity index is 1420. The Morgan fingerprint density at radius 1 is 1.06 bits per heavy atom. The summed E-state index contributed by atoms with van der Waals surface area (Å²) in [7, 11) is 1.58. The zero-order chi connectivity index (χ0) is 25.3. The molecule has 1 N–H and O–H groups in total. The number of para-hydroxylation sites is 1. The molecule has 0 aliphatic carbocycles. The molecule has 0 saturated heterocycles. The Morgan fingerprint density at radius 3 is 2.50 bits per heavy atom. The van der Waals surface area contributed by atoms with Crippen LogP contribution in [0, 0.1) is 0 Å². The minimum atomic E-state index is -0.317. The Morgan fingerprint density at radius 2 is 1.78 bits per heavy atom. The maximum atomic E-state index is 13.3. The third-order valence-corrected chi connectivity index (χ3v) is 6.10. The average molecular weight is 503 g/mol. The van der Waals surface area contributed by atoms with Gasteiger partial charge in [-0.25, -0.2) is 10.4 Å². The fourth-order valence-corrected chi connectivity index (χ4v) is 4.18. The standard InChI is InChI=1S/C27H26N4O4S/c1-3-16-35-22-12-8-19(9-13-22)17-28-30-25(32)18-36-27-29-24-7-5-4-6-23(24)26(33)31(27)20-10-14-21(34-2)15-11-20/h4-15,17H,3,16,18H2,1-2H3,(H,30,32)/b28-17+. The minimum Gasteiger partial charge on any atom is -0.497 e. The molecule has 0 atom stereocenters. The van der Waals surface area contributed by atoms with Crippen molar-refractivity contribution in [1.82, 2.24) is 15.0 Å². The zero-order valence-corrected chi connectivity index (χ0v) is 20.8. The van der Waals surface area contributed by atoms with Crippen LogP contribution in [-0.4, -0.2) is 41.1 Å². The Balaban J connectivity index is 1.47. The van der Waals surface area contributed by atoms with Crippen LogP contribution in [-0.2, 0) is 4.79 Å². The fourth-order valence-electron chi connectivity index (χ4n) is 3.38. The van der Waals surface area contributed by atoms with Crippen molar-refractivity contribution in [1.29, 1.82) is 0 Å². The predicted molar refractivity (Wildman–Crippen MR) is 143 cm³/mol. The molecule has 9 heteroatoms. The molecule has 3 aromatic carbocycles. The van der Waals surface area contributed by atoms with Gasteiger partial charge in [-0.15, -0.1) is 0 Å². The molecule has 1 amide bonds. The number of carbonyl (C=O) groups excluding carboxylic acids is 1. The molecule has 0 bridgehead atoms. The Kier molecular flexibility index (Phi) is 8.36. The SMILES string of the molecule is CCCOc1ccc(/C=N/NC(=O)CSc2nc3ccccc3c(=O)n2-c2ccc(OC)cc2)cc1. The number of nitrogens with zero attached hydrogens (tertiary/aromatic N) is 3. The van der Waals surface area contributed by atoms with Gasteiger partial charge in [0, 0.05) is 0 Å². The number of rotatable bonds is 10. The first-order valence-electron chi connectivity index (χ1n) is 11.4. The third kappa shape index (κ3) is 6.11. The summed E-state index contributed by atoms with van der Waals surface area (Å²) < 4.78 is 12.3. The Labute approximate surface area is 213 Å². The van der Waals surface area contributed by atoms with Gasteiger partial charge in [-0.2, -0.15) is 5.10 Å². The van der Waals surface area contributed by atoms with Gasteiger partial charge in [0.05, 0.1) is 42.3 Å². The van der Waals surface area contributed by atoms with Gasteiger partial charge in [0.2, 0.25) is 0 Å². The molecule has 4 aromatic rings. The molecule has 8 nitrogen and oxygen atoms in total. The van der Waals surface area contributed by atoms with E-state index in [0.717, 1.165) is 29.5 Å². The highest BCUT2D eigenvalue weighted by atomic mass is 32.2. The normalized spacial score (nSPS) is 11.1. The maximum Gasteiger partial charge on any atom is 0.266 e. The lowest BCUT2D eigenvalue weighted by atomic mass is 10.2. The number of fused-ring (bicyclic) bond motifs is 1. The summed E-state index contributed by atoms with van der Waals surface area (Å²) in [5.41, 5.74) is 4.34. The zero-order valence-electron chi connectivity index (χ0n) is 20.0. The van der Waals surface area contributed by atoms with Crippen LogP contribution in [0.1, 0.15) is 18.9 Å². The van der Waals surface area contributed by atoms with Crippen LogP contribution in [0.5, 0.6) is 11.5 Å². The lowest BCUT2D eigenvalue weighted by Crippen LogP contribution is -2.24. The molecule has 0 radical (unpaired) electrons. The number of hydrazone groups is 1. The second kappa shape index (κ2) is 12.0. The van der Waals surface area contributed by atoms with E-state index >= 15 is 0 Å². The molecule has 1 aromatic heterocycles. The molecule has 1 heterocycles. The molecule has 0 saturated carbocycles. The topological polar surface area (TPSA) is 94.8 Å². The molecule has 0 spiro atoms. The number of thioether (sulfide) groups is 1. The van der Waals surface area contributed by atoms with Gasteiger partial charge in [-0.05, 0) is 72.6 Å². The monoisotopic (exact) mass is 502 g/mol. The van der Waals surface area contributed by atoms with Gasteiger partial charge in [-0.3, -0.25) is 14.2 Å². The molecule has 36 heavy (non-hydrogen) atoms. The summed E-state index contributed by atoms with van der Waals surface area (Å²) in [5.74, 6) is 1.18. The first-order chi connectivity index (χ1) is 17.6.